The normalized spacial score (nSPS) is 12.9. The van der Waals surface area contributed by atoms with Crippen molar-refractivity contribution in [1.29, 1.82) is 0 Å². The summed E-state index contributed by atoms with van der Waals surface area (Å²) in [5.74, 6) is -0.328. The largest absolute Gasteiger partial charge is 0.366 e. The molecule has 1 aromatic heterocycles. The van der Waals surface area contributed by atoms with Crippen LogP contribution in [0, 0.1) is 0 Å². The summed E-state index contributed by atoms with van der Waals surface area (Å²) < 4.78 is 26.4. The van der Waals surface area contributed by atoms with Crippen LogP contribution in [0.1, 0.15) is 20.8 Å². The van der Waals surface area contributed by atoms with Crippen molar-refractivity contribution in [2.24, 2.45) is 0 Å². The zero-order valence-corrected chi connectivity index (χ0v) is 12.5. The first-order chi connectivity index (χ1) is 9.33. The van der Waals surface area contributed by atoms with Crippen LogP contribution in [0.25, 0.3) is 0 Å². The maximum absolute atomic E-state index is 12.1. The number of aromatic nitrogens is 1. The molecular weight excluding hydrogens is 282 g/mol. The van der Waals surface area contributed by atoms with E-state index < -0.39 is 26.4 Å². The monoisotopic (exact) mass is 301 g/mol. The van der Waals surface area contributed by atoms with Gasteiger partial charge in [-0.3, -0.25) is 9.59 Å². The molecule has 0 saturated heterocycles. The minimum absolute atomic E-state index is 0.328. The second-order valence-corrected chi connectivity index (χ2v) is 5.91. The molecule has 112 valence electrons. The Morgan fingerprint density at radius 1 is 1.40 bits per heavy atom. The Kier molecular flexibility index (Phi) is 5.46. The third kappa shape index (κ3) is 3.67. The Morgan fingerprint density at radius 3 is 2.50 bits per heavy atom. The highest BCUT2D eigenvalue weighted by Gasteiger charge is 2.26. The number of hydrogen-bond donors (Lipinski definition) is 2. The highest BCUT2D eigenvalue weighted by molar-refractivity contribution is 7.89. The predicted octanol–water partition coefficient (Wildman–Crippen LogP) is -0.0899. The molecule has 1 heterocycles. The second kappa shape index (κ2) is 6.67. The summed E-state index contributed by atoms with van der Waals surface area (Å²) in [7, 11) is -4.03. The van der Waals surface area contributed by atoms with Gasteiger partial charge in [-0.25, -0.2) is 8.42 Å². The van der Waals surface area contributed by atoms with Gasteiger partial charge in [0.2, 0.25) is 21.4 Å². The van der Waals surface area contributed by atoms with Gasteiger partial charge in [-0.05, 0) is 20.8 Å². The summed E-state index contributed by atoms with van der Waals surface area (Å²) in [6, 6.07) is 0.185. The topological polar surface area (TPSA) is 99.3 Å². The molecule has 8 heteroatoms. The van der Waals surface area contributed by atoms with Crippen LogP contribution >= 0.6 is 0 Å². The Labute approximate surface area is 118 Å². The molecule has 1 rings (SSSR count). The molecule has 1 amide bonds. The quantitative estimate of drug-likeness (QED) is 0.767. The van der Waals surface area contributed by atoms with Crippen LogP contribution in [0.2, 0.25) is 0 Å². The number of carbonyl (C=O) groups excluding carboxylic acids is 1. The number of aromatic amines is 1. The van der Waals surface area contributed by atoms with E-state index in [1.807, 2.05) is 13.8 Å². The first-order valence-corrected chi connectivity index (χ1v) is 7.80. The fourth-order valence-corrected chi connectivity index (χ4v) is 3.02. The van der Waals surface area contributed by atoms with Crippen molar-refractivity contribution in [3.63, 3.8) is 0 Å². The number of rotatable bonds is 6. The average Bonchev–Trinajstić information content (AvgIpc) is 2.39. The molecule has 1 aromatic rings. The Bertz CT molecular complexity index is 620. The molecule has 7 nitrogen and oxygen atoms in total. The number of nitrogens with one attached hydrogen (secondary N) is 2. The van der Waals surface area contributed by atoms with Gasteiger partial charge in [0.1, 0.15) is 4.90 Å². The molecular formula is C12H19N3O4S. The lowest BCUT2D eigenvalue weighted by atomic mass is 10.3. The van der Waals surface area contributed by atoms with Crippen LogP contribution in [0.3, 0.4) is 0 Å². The summed E-state index contributed by atoms with van der Waals surface area (Å²) in [4.78, 5) is 27.2. The molecule has 0 fully saturated rings. The summed E-state index contributed by atoms with van der Waals surface area (Å²) in [5, 5.41) is 0. The number of likely N-dealkylation sites (N-methyl/N-ethyl adjacent to an activating group) is 1. The van der Waals surface area contributed by atoms with Gasteiger partial charge in [-0.15, -0.1) is 0 Å². The first-order valence-electron chi connectivity index (χ1n) is 6.31. The van der Waals surface area contributed by atoms with E-state index >= 15 is 0 Å². The van der Waals surface area contributed by atoms with Gasteiger partial charge in [-0.1, -0.05) is 0 Å². The molecule has 1 unspecified atom stereocenters. The van der Waals surface area contributed by atoms with Crippen LogP contribution < -0.4 is 10.2 Å². The maximum atomic E-state index is 12.1. The lowest BCUT2D eigenvalue weighted by molar-refractivity contribution is -0.132. The lowest BCUT2D eigenvalue weighted by Gasteiger charge is -2.23. The standard InChI is InChI=1S/C12H19N3O4S/c1-4-15(5-2)12(17)9(3)14-20(18,19)11-8-13-7-6-10(11)16/h6-9,14H,4-5H2,1-3H3,(H,13,16). The van der Waals surface area contributed by atoms with Gasteiger partial charge in [0.25, 0.3) is 0 Å². The van der Waals surface area contributed by atoms with E-state index in [9.17, 15) is 18.0 Å². The van der Waals surface area contributed by atoms with Crippen LogP contribution in [0.15, 0.2) is 28.2 Å². The molecule has 0 aromatic carbocycles. The van der Waals surface area contributed by atoms with E-state index in [2.05, 4.69) is 9.71 Å². The molecule has 0 spiro atoms. The van der Waals surface area contributed by atoms with Crippen LogP contribution in [0.5, 0.6) is 0 Å². The smallest absolute Gasteiger partial charge is 0.246 e. The summed E-state index contributed by atoms with van der Waals surface area (Å²) >= 11 is 0. The zero-order chi connectivity index (χ0) is 15.3. The first kappa shape index (κ1) is 16.4. The molecule has 2 N–H and O–H groups in total. The minimum Gasteiger partial charge on any atom is -0.366 e. The van der Waals surface area contributed by atoms with Crippen molar-refractivity contribution in [3.8, 4) is 0 Å². The van der Waals surface area contributed by atoms with E-state index in [0.29, 0.717) is 13.1 Å². The zero-order valence-electron chi connectivity index (χ0n) is 11.7. The van der Waals surface area contributed by atoms with Gasteiger partial charge in [0.05, 0.1) is 6.04 Å². The predicted molar refractivity (Wildman–Crippen MR) is 74.8 cm³/mol. The summed E-state index contributed by atoms with van der Waals surface area (Å²) in [6.07, 6.45) is 2.44. The van der Waals surface area contributed by atoms with E-state index in [-0.39, 0.29) is 5.91 Å². The average molecular weight is 301 g/mol. The lowest BCUT2D eigenvalue weighted by Crippen LogP contribution is -2.47. The van der Waals surface area contributed by atoms with Crippen LogP contribution in [0.4, 0.5) is 0 Å². The van der Waals surface area contributed by atoms with Crippen molar-refractivity contribution in [2.45, 2.75) is 31.7 Å². The Balaban J connectivity index is 2.95. The summed E-state index contributed by atoms with van der Waals surface area (Å²) in [6.45, 7) is 6.06. The van der Waals surface area contributed by atoms with Crippen LogP contribution in [-0.2, 0) is 14.8 Å². The number of nitrogens with zero attached hydrogens (tertiary/aromatic N) is 1. The molecule has 1 atom stereocenters. The van der Waals surface area contributed by atoms with E-state index in [1.54, 1.807) is 0 Å². The molecule has 0 saturated carbocycles. The molecule has 0 bridgehead atoms. The van der Waals surface area contributed by atoms with Gasteiger partial charge >= 0.3 is 0 Å². The highest BCUT2D eigenvalue weighted by atomic mass is 32.2. The number of pyridine rings is 1. The maximum Gasteiger partial charge on any atom is 0.246 e. The molecule has 0 radical (unpaired) electrons. The van der Waals surface area contributed by atoms with Gasteiger partial charge in [0, 0.05) is 31.5 Å². The molecule has 0 aliphatic heterocycles. The van der Waals surface area contributed by atoms with Gasteiger partial charge < -0.3 is 9.88 Å². The number of sulfonamides is 1. The minimum atomic E-state index is -4.03. The Morgan fingerprint density at radius 2 is 2.00 bits per heavy atom. The van der Waals surface area contributed by atoms with E-state index in [4.69, 9.17) is 0 Å². The number of hydrogen-bond acceptors (Lipinski definition) is 4. The van der Waals surface area contributed by atoms with Crippen molar-refractivity contribution < 1.29 is 13.2 Å². The SMILES string of the molecule is CCN(CC)C(=O)C(C)NS(=O)(=O)c1c[nH]ccc1=O. The summed E-state index contributed by atoms with van der Waals surface area (Å²) in [5.41, 5.74) is -0.626. The number of carbonyl (C=O) groups is 1. The van der Waals surface area contributed by atoms with Crippen molar-refractivity contribution in [3.05, 3.63) is 28.7 Å². The van der Waals surface area contributed by atoms with Crippen molar-refractivity contribution >= 4 is 15.9 Å². The molecule has 0 aliphatic rings. The van der Waals surface area contributed by atoms with Crippen molar-refractivity contribution in [1.82, 2.24) is 14.6 Å². The molecule has 20 heavy (non-hydrogen) atoms. The van der Waals surface area contributed by atoms with Gasteiger partial charge in [-0.2, -0.15) is 4.72 Å². The Hall–Kier alpha value is -1.67. The fraction of sp³-hybridized carbons (Fsp3) is 0.500. The molecule has 0 aliphatic carbocycles. The van der Waals surface area contributed by atoms with E-state index in [0.717, 1.165) is 12.3 Å². The highest BCUT2D eigenvalue weighted by Crippen LogP contribution is 2.03. The van der Waals surface area contributed by atoms with Gasteiger partial charge in [0.15, 0.2) is 0 Å². The number of H-pyrrole nitrogens is 1. The van der Waals surface area contributed by atoms with Crippen LogP contribution in [-0.4, -0.2) is 43.3 Å². The van der Waals surface area contributed by atoms with E-state index in [1.165, 1.54) is 18.0 Å². The van der Waals surface area contributed by atoms with Crippen molar-refractivity contribution in [2.75, 3.05) is 13.1 Å². The third-order valence-corrected chi connectivity index (χ3v) is 4.42. The number of amides is 1. The fourth-order valence-electron chi connectivity index (χ4n) is 1.77. The third-order valence-electron chi connectivity index (χ3n) is 2.86. The second-order valence-electron chi connectivity index (χ2n) is 4.23.